The Kier molecular flexibility index (Phi) is 6.10. The highest BCUT2D eigenvalue weighted by Gasteiger charge is 2.29. The molecule has 2 aromatic heterocycles. The molecule has 4 rings (SSSR count). The lowest BCUT2D eigenvalue weighted by atomic mass is 10.0. The van der Waals surface area contributed by atoms with E-state index >= 15 is 0 Å². The summed E-state index contributed by atoms with van der Waals surface area (Å²) in [5.41, 5.74) is 2.34. The molecule has 0 bridgehead atoms. The van der Waals surface area contributed by atoms with Gasteiger partial charge in [-0.3, -0.25) is 0 Å². The maximum Gasteiger partial charge on any atom is 0.146 e. The first-order chi connectivity index (χ1) is 14.0. The Labute approximate surface area is 175 Å². The van der Waals surface area contributed by atoms with E-state index in [0.29, 0.717) is 26.2 Å². The minimum Gasteiger partial charge on any atom is -0.393 e. The summed E-state index contributed by atoms with van der Waals surface area (Å²) in [7, 11) is 4.06. The SMILES string of the molecule is CC(O)CC1COCCN1c1nc(CN(C)C)nc2scc(-c3ccccc3)c12. The summed E-state index contributed by atoms with van der Waals surface area (Å²) in [6, 6.07) is 10.5. The van der Waals surface area contributed by atoms with Gasteiger partial charge in [0.15, 0.2) is 0 Å². The number of thiophene rings is 1. The highest BCUT2D eigenvalue weighted by atomic mass is 32.1. The topological polar surface area (TPSA) is 61.7 Å². The lowest BCUT2D eigenvalue weighted by Crippen LogP contribution is -2.47. The van der Waals surface area contributed by atoms with Gasteiger partial charge in [0.25, 0.3) is 0 Å². The van der Waals surface area contributed by atoms with Gasteiger partial charge in [-0.25, -0.2) is 9.97 Å². The quantitative estimate of drug-likeness (QED) is 0.670. The molecule has 1 fully saturated rings. The highest BCUT2D eigenvalue weighted by Crippen LogP contribution is 2.39. The van der Waals surface area contributed by atoms with Gasteiger partial charge in [0.1, 0.15) is 16.5 Å². The van der Waals surface area contributed by atoms with Gasteiger partial charge in [-0.05, 0) is 33.0 Å². The normalized spacial score (nSPS) is 18.5. The monoisotopic (exact) mass is 412 g/mol. The fraction of sp³-hybridized carbons (Fsp3) is 0.455. The van der Waals surface area contributed by atoms with Crippen LogP contribution in [0.2, 0.25) is 0 Å². The molecule has 2 atom stereocenters. The van der Waals surface area contributed by atoms with Gasteiger partial charge in [-0.15, -0.1) is 11.3 Å². The molecule has 0 spiro atoms. The molecule has 1 saturated heterocycles. The number of fused-ring (bicyclic) bond motifs is 1. The summed E-state index contributed by atoms with van der Waals surface area (Å²) < 4.78 is 5.74. The number of benzene rings is 1. The summed E-state index contributed by atoms with van der Waals surface area (Å²) in [5.74, 6) is 1.78. The van der Waals surface area contributed by atoms with E-state index < -0.39 is 0 Å². The van der Waals surface area contributed by atoms with Gasteiger partial charge in [-0.1, -0.05) is 30.3 Å². The van der Waals surface area contributed by atoms with Crippen molar-refractivity contribution >= 4 is 27.4 Å². The first-order valence-electron chi connectivity index (χ1n) is 10.0. The zero-order valence-electron chi connectivity index (χ0n) is 17.2. The minimum absolute atomic E-state index is 0.0950. The highest BCUT2D eigenvalue weighted by molar-refractivity contribution is 7.17. The molecular formula is C22H28N4O2S. The van der Waals surface area contributed by atoms with Crippen molar-refractivity contribution < 1.29 is 9.84 Å². The second-order valence-corrected chi connectivity index (χ2v) is 8.76. The van der Waals surface area contributed by atoms with Crippen molar-refractivity contribution in [3.63, 3.8) is 0 Å². The number of ether oxygens (including phenoxy) is 1. The Morgan fingerprint density at radius 1 is 1.28 bits per heavy atom. The van der Waals surface area contributed by atoms with Crippen LogP contribution in [0.5, 0.6) is 0 Å². The largest absolute Gasteiger partial charge is 0.393 e. The third-order valence-corrected chi connectivity index (χ3v) is 5.99. The Bertz CT molecular complexity index is 958. The molecular weight excluding hydrogens is 384 g/mol. The average Bonchev–Trinajstić information content (AvgIpc) is 3.11. The Morgan fingerprint density at radius 3 is 2.79 bits per heavy atom. The predicted octanol–water partition coefficient (Wildman–Crippen LogP) is 3.40. The zero-order valence-corrected chi connectivity index (χ0v) is 18.0. The Hall–Kier alpha value is -2.06. The molecule has 1 aliphatic rings. The maximum atomic E-state index is 10.0. The van der Waals surface area contributed by atoms with Crippen molar-refractivity contribution in [3.8, 4) is 11.1 Å². The molecule has 3 heterocycles. The Morgan fingerprint density at radius 2 is 2.07 bits per heavy atom. The first-order valence-corrected chi connectivity index (χ1v) is 10.9. The van der Waals surface area contributed by atoms with Crippen LogP contribution in [0, 0.1) is 0 Å². The van der Waals surface area contributed by atoms with E-state index in [1.807, 2.05) is 27.1 Å². The minimum atomic E-state index is -0.390. The number of aliphatic hydroxyl groups is 1. The van der Waals surface area contributed by atoms with Crippen LogP contribution in [0.1, 0.15) is 19.2 Å². The fourth-order valence-electron chi connectivity index (χ4n) is 3.88. The van der Waals surface area contributed by atoms with Gasteiger partial charge in [0.05, 0.1) is 37.3 Å². The molecule has 0 amide bonds. The van der Waals surface area contributed by atoms with Crippen molar-refractivity contribution in [2.45, 2.75) is 32.0 Å². The Balaban J connectivity index is 1.87. The molecule has 1 aromatic carbocycles. The third-order valence-electron chi connectivity index (χ3n) is 5.12. The number of anilines is 1. The first kappa shape index (κ1) is 20.2. The van der Waals surface area contributed by atoms with Crippen molar-refractivity contribution in [2.24, 2.45) is 0 Å². The summed E-state index contributed by atoms with van der Waals surface area (Å²) >= 11 is 1.67. The van der Waals surface area contributed by atoms with E-state index in [1.54, 1.807) is 11.3 Å². The van der Waals surface area contributed by atoms with Crippen LogP contribution in [0.25, 0.3) is 21.3 Å². The maximum absolute atomic E-state index is 10.0. The molecule has 6 nitrogen and oxygen atoms in total. The van der Waals surface area contributed by atoms with E-state index in [-0.39, 0.29) is 12.1 Å². The van der Waals surface area contributed by atoms with E-state index in [0.717, 1.165) is 28.4 Å². The van der Waals surface area contributed by atoms with Crippen LogP contribution in [-0.4, -0.2) is 66.0 Å². The summed E-state index contributed by atoms with van der Waals surface area (Å²) in [5, 5.41) is 13.3. The van der Waals surface area contributed by atoms with Crippen molar-refractivity contribution in [1.29, 1.82) is 0 Å². The van der Waals surface area contributed by atoms with Crippen LogP contribution in [0.15, 0.2) is 35.7 Å². The van der Waals surface area contributed by atoms with E-state index in [4.69, 9.17) is 14.7 Å². The van der Waals surface area contributed by atoms with Crippen LogP contribution in [0.3, 0.4) is 0 Å². The lowest BCUT2D eigenvalue weighted by molar-refractivity contribution is 0.0719. The number of nitrogens with zero attached hydrogens (tertiary/aromatic N) is 4. The van der Waals surface area contributed by atoms with Gasteiger partial charge in [-0.2, -0.15) is 0 Å². The lowest BCUT2D eigenvalue weighted by Gasteiger charge is -2.37. The molecule has 0 saturated carbocycles. The van der Waals surface area contributed by atoms with E-state index in [1.165, 1.54) is 11.1 Å². The van der Waals surface area contributed by atoms with E-state index in [9.17, 15) is 5.11 Å². The third kappa shape index (κ3) is 4.43. The van der Waals surface area contributed by atoms with Gasteiger partial charge >= 0.3 is 0 Å². The van der Waals surface area contributed by atoms with Crippen molar-refractivity contribution in [3.05, 3.63) is 41.5 Å². The van der Waals surface area contributed by atoms with Crippen LogP contribution in [-0.2, 0) is 11.3 Å². The van der Waals surface area contributed by atoms with Crippen LogP contribution in [0.4, 0.5) is 5.82 Å². The van der Waals surface area contributed by atoms with Crippen molar-refractivity contribution in [2.75, 3.05) is 38.8 Å². The van der Waals surface area contributed by atoms with Gasteiger partial charge < -0.3 is 19.6 Å². The fourth-order valence-corrected chi connectivity index (χ4v) is 4.84. The second-order valence-electron chi connectivity index (χ2n) is 7.90. The average molecular weight is 413 g/mol. The molecule has 0 aliphatic carbocycles. The number of aliphatic hydroxyl groups excluding tert-OH is 1. The smallest absolute Gasteiger partial charge is 0.146 e. The second kappa shape index (κ2) is 8.75. The number of rotatable bonds is 6. The summed E-state index contributed by atoms with van der Waals surface area (Å²) in [6.45, 7) is 4.54. The molecule has 154 valence electrons. The zero-order chi connectivity index (χ0) is 20.4. The molecule has 29 heavy (non-hydrogen) atoms. The van der Waals surface area contributed by atoms with Crippen molar-refractivity contribution in [1.82, 2.24) is 14.9 Å². The van der Waals surface area contributed by atoms with Gasteiger partial charge in [0, 0.05) is 17.5 Å². The van der Waals surface area contributed by atoms with E-state index in [2.05, 4.69) is 39.4 Å². The summed E-state index contributed by atoms with van der Waals surface area (Å²) in [6.07, 6.45) is 0.262. The molecule has 0 radical (unpaired) electrons. The molecule has 2 unspecified atom stereocenters. The number of hydrogen-bond donors (Lipinski definition) is 1. The molecule has 1 aliphatic heterocycles. The van der Waals surface area contributed by atoms with Gasteiger partial charge in [0.2, 0.25) is 0 Å². The summed E-state index contributed by atoms with van der Waals surface area (Å²) in [4.78, 5) is 15.3. The standard InChI is InChI=1S/C22H28N4O2S/c1-15(27)11-17-13-28-10-9-26(17)21-20-18(16-7-5-4-6-8-16)14-29-22(20)24-19(23-21)12-25(2)3/h4-8,14-15,17,27H,9-13H2,1-3H3. The molecule has 1 N–H and O–H groups in total. The molecule has 7 heteroatoms. The number of hydrogen-bond acceptors (Lipinski definition) is 7. The predicted molar refractivity (Wildman–Crippen MR) is 118 cm³/mol. The molecule has 3 aromatic rings. The van der Waals surface area contributed by atoms with Crippen LogP contribution >= 0.6 is 11.3 Å². The van der Waals surface area contributed by atoms with Crippen LogP contribution < -0.4 is 4.90 Å². The number of morpholine rings is 1. The number of aromatic nitrogens is 2.